The number of nitrogens with one attached hydrogen (secondary N) is 1. The lowest BCUT2D eigenvalue weighted by atomic mass is 9.91. The van der Waals surface area contributed by atoms with E-state index in [2.05, 4.69) is 10.2 Å². The Balaban J connectivity index is 2.01. The summed E-state index contributed by atoms with van der Waals surface area (Å²) >= 11 is 0. The van der Waals surface area contributed by atoms with Crippen LogP contribution in [0, 0.1) is 5.82 Å². The largest absolute Gasteiger partial charge is 0.314 e. The van der Waals surface area contributed by atoms with Crippen LogP contribution in [0.5, 0.6) is 0 Å². The van der Waals surface area contributed by atoms with E-state index in [0.29, 0.717) is 6.04 Å². The van der Waals surface area contributed by atoms with Gasteiger partial charge in [-0.2, -0.15) is 0 Å². The van der Waals surface area contributed by atoms with Gasteiger partial charge in [0.2, 0.25) is 0 Å². The molecule has 3 heteroatoms. The van der Waals surface area contributed by atoms with E-state index >= 15 is 0 Å². The molecule has 3 rings (SSSR count). The van der Waals surface area contributed by atoms with E-state index in [9.17, 15) is 4.39 Å². The molecule has 1 aromatic rings. The van der Waals surface area contributed by atoms with Crippen LogP contribution in [0.15, 0.2) is 18.2 Å². The quantitative estimate of drug-likeness (QED) is 0.689. The first-order valence-electron chi connectivity index (χ1n) is 5.58. The van der Waals surface area contributed by atoms with Crippen LogP contribution in [-0.2, 0) is 6.42 Å². The summed E-state index contributed by atoms with van der Waals surface area (Å²) in [6, 6.07) is 5.61. The van der Waals surface area contributed by atoms with Crippen LogP contribution < -0.4 is 5.32 Å². The Hall–Kier alpha value is -0.930. The maximum atomic E-state index is 13.2. The summed E-state index contributed by atoms with van der Waals surface area (Å²) in [5, 5.41) is 3.38. The lowest BCUT2D eigenvalue weighted by molar-refractivity contribution is 0.151. The van der Waals surface area contributed by atoms with Gasteiger partial charge in [-0.3, -0.25) is 4.90 Å². The molecular weight excluding hydrogens is 191 g/mol. The van der Waals surface area contributed by atoms with Crippen molar-refractivity contribution in [2.24, 2.45) is 0 Å². The molecule has 0 amide bonds. The van der Waals surface area contributed by atoms with E-state index in [1.165, 1.54) is 11.1 Å². The van der Waals surface area contributed by atoms with Crippen molar-refractivity contribution in [2.45, 2.75) is 12.5 Å². The second kappa shape index (κ2) is 3.58. The van der Waals surface area contributed by atoms with E-state index < -0.39 is 0 Å². The van der Waals surface area contributed by atoms with Crippen LogP contribution in [-0.4, -0.2) is 31.1 Å². The summed E-state index contributed by atoms with van der Waals surface area (Å²) in [4.78, 5) is 2.46. The average molecular weight is 206 g/mol. The standard InChI is InChI=1S/C12H15FN2/c13-10-2-1-9-3-5-15-6-4-14-8-12(15)11(9)7-10/h1-2,7,12,14H,3-6,8H2/t12-/m0/s1. The van der Waals surface area contributed by atoms with Gasteiger partial charge in [-0.05, 0) is 29.7 Å². The Morgan fingerprint density at radius 2 is 2.27 bits per heavy atom. The van der Waals surface area contributed by atoms with Crippen molar-refractivity contribution < 1.29 is 4.39 Å². The van der Waals surface area contributed by atoms with Gasteiger partial charge in [0.15, 0.2) is 0 Å². The van der Waals surface area contributed by atoms with Gasteiger partial charge in [0.1, 0.15) is 5.82 Å². The van der Waals surface area contributed by atoms with E-state index in [4.69, 9.17) is 0 Å². The molecular formula is C12H15FN2. The van der Waals surface area contributed by atoms with E-state index in [1.807, 2.05) is 6.07 Å². The molecule has 0 spiro atoms. The third-order valence-electron chi connectivity index (χ3n) is 3.49. The molecule has 0 aliphatic carbocycles. The molecule has 1 fully saturated rings. The Labute approximate surface area is 89.1 Å². The zero-order valence-corrected chi connectivity index (χ0v) is 8.67. The van der Waals surface area contributed by atoms with Gasteiger partial charge in [-0.15, -0.1) is 0 Å². The highest BCUT2D eigenvalue weighted by atomic mass is 19.1. The van der Waals surface area contributed by atoms with Gasteiger partial charge < -0.3 is 5.32 Å². The third-order valence-corrected chi connectivity index (χ3v) is 3.49. The van der Waals surface area contributed by atoms with Gasteiger partial charge in [0.25, 0.3) is 0 Å². The molecule has 2 nitrogen and oxygen atoms in total. The SMILES string of the molecule is Fc1ccc2c(c1)[C@@H]1CNCCN1CC2. The molecule has 2 heterocycles. The highest BCUT2D eigenvalue weighted by Gasteiger charge is 2.29. The van der Waals surface area contributed by atoms with Crippen LogP contribution in [0.3, 0.4) is 0 Å². The zero-order chi connectivity index (χ0) is 10.3. The van der Waals surface area contributed by atoms with Crippen LogP contribution in [0.2, 0.25) is 0 Å². The van der Waals surface area contributed by atoms with Crippen LogP contribution in [0.25, 0.3) is 0 Å². The minimum Gasteiger partial charge on any atom is -0.314 e. The molecule has 0 unspecified atom stereocenters. The summed E-state index contributed by atoms with van der Waals surface area (Å²) in [5.74, 6) is -0.110. The van der Waals surface area contributed by atoms with Crippen molar-refractivity contribution in [3.05, 3.63) is 35.1 Å². The molecule has 0 saturated carbocycles. The normalized spacial score (nSPS) is 25.8. The molecule has 1 aromatic carbocycles. The minimum absolute atomic E-state index is 0.110. The van der Waals surface area contributed by atoms with Gasteiger partial charge >= 0.3 is 0 Å². The van der Waals surface area contributed by atoms with Crippen molar-refractivity contribution in [1.29, 1.82) is 0 Å². The molecule has 2 aliphatic heterocycles. The van der Waals surface area contributed by atoms with Gasteiger partial charge in [-0.1, -0.05) is 6.07 Å². The number of fused-ring (bicyclic) bond motifs is 3. The van der Waals surface area contributed by atoms with E-state index in [-0.39, 0.29) is 5.82 Å². The van der Waals surface area contributed by atoms with Crippen molar-refractivity contribution in [3.63, 3.8) is 0 Å². The fourth-order valence-corrected chi connectivity index (χ4v) is 2.69. The zero-order valence-electron chi connectivity index (χ0n) is 8.67. The van der Waals surface area contributed by atoms with Crippen molar-refractivity contribution in [3.8, 4) is 0 Å². The lowest BCUT2D eigenvalue weighted by Gasteiger charge is -2.40. The van der Waals surface area contributed by atoms with Crippen LogP contribution >= 0.6 is 0 Å². The molecule has 15 heavy (non-hydrogen) atoms. The molecule has 1 saturated heterocycles. The molecule has 1 N–H and O–H groups in total. The first-order valence-corrected chi connectivity index (χ1v) is 5.58. The Kier molecular flexibility index (Phi) is 2.22. The van der Waals surface area contributed by atoms with Crippen molar-refractivity contribution in [2.75, 3.05) is 26.2 Å². The van der Waals surface area contributed by atoms with Crippen LogP contribution in [0.4, 0.5) is 4.39 Å². The number of halogens is 1. The summed E-state index contributed by atoms with van der Waals surface area (Å²) in [6.07, 6.45) is 1.06. The lowest BCUT2D eigenvalue weighted by Crippen LogP contribution is -2.48. The smallest absolute Gasteiger partial charge is 0.123 e. The Morgan fingerprint density at radius 3 is 3.20 bits per heavy atom. The molecule has 0 bridgehead atoms. The van der Waals surface area contributed by atoms with E-state index in [0.717, 1.165) is 32.6 Å². The highest BCUT2D eigenvalue weighted by Crippen LogP contribution is 2.30. The number of nitrogens with zero attached hydrogens (tertiary/aromatic N) is 1. The second-order valence-electron chi connectivity index (χ2n) is 4.35. The molecule has 1 atom stereocenters. The predicted molar refractivity (Wildman–Crippen MR) is 57.3 cm³/mol. The molecule has 80 valence electrons. The summed E-state index contributed by atoms with van der Waals surface area (Å²) in [6.45, 7) is 4.21. The Bertz CT molecular complexity index is 378. The van der Waals surface area contributed by atoms with Crippen molar-refractivity contribution >= 4 is 0 Å². The van der Waals surface area contributed by atoms with Gasteiger partial charge in [0, 0.05) is 32.2 Å². The number of rotatable bonds is 0. The maximum Gasteiger partial charge on any atom is 0.123 e. The first-order chi connectivity index (χ1) is 7.34. The van der Waals surface area contributed by atoms with E-state index in [1.54, 1.807) is 12.1 Å². The molecule has 0 radical (unpaired) electrons. The minimum atomic E-state index is -0.110. The fourth-order valence-electron chi connectivity index (χ4n) is 2.69. The number of piperazine rings is 1. The van der Waals surface area contributed by atoms with Crippen LogP contribution in [0.1, 0.15) is 17.2 Å². The maximum absolute atomic E-state index is 13.2. The average Bonchev–Trinajstić information content (AvgIpc) is 2.29. The first kappa shape index (κ1) is 9.31. The Morgan fingerprint density at radius 1 is 1.33 bits per heavy atom. The summed E-state index contributed by atoms with van der Waals surface area (Å²) in [7, 11) is 0. The number of hydrogen-bond donors (Lipinski definition) is 1. The summed E-state index contributed by atoms with van der Waals surface area (Å²) < 4.78 is 13.2. The van der Waals surface area contributed by atoms with Gasteiger partial charge in [0.05, 0.1) is 0 Å². The fraction of sp³-hybridized carbons (Fsp3) is 0.500. The third kappa shape index (κ3) is 1.56. The topological polar surface area (TPSA) is 15.3 Å². The number of hydrogen-bond acceptors (Lipinski definition) is 2. The summed E-state index contributed by atoms with van der Waals surface area (Å²) in [5.41, 5.74) is 2.51. The predicted octanol–water partition coefficient (Wildman–Crippen LogP) is 1.33. The highest BCUT2D eigenvalue weighted by molar-refractivity contribution is 5.33. The molecule has 0 aromatic heterocycles. The van der Waals surface area contributed by atoms with Crippen molar-refractivity contribution in [1.82, 2.24) is 10.2 Å². The van der Waals surface area contributed by atoms with Gasteiger partial charge in [-0.25, -0.2) is 4.39 Å². The second-order valence-corrected chi connectivity index (χ2v) is 4.35. The number of benzene rings is 1. The molecule has 2 aliphatic rings. The monoisotopic (exact) mass is 206 g/mol.